The van der Waals surface area contributed by atoms with Crippen LogP contribution in [0.4, 0.5) is 0 Å². The van der Waals surface area contributed by atoms with Crippen LogP contribution in [0.1, 0.15) is 19.4 Å². The monoisotopic (exact) mass is 301 g/mol. The number of aromatic nitrogens is 5. The molecule has 22 heavy (non-hydrogen) atoms. The van der Waals surface area contributed by atoms with Gasteiger partial charge in [0.25, 0.3) is 0 Å². The summed E-state index contributed by atoms with van der Waals surface area (Å²) in [5, 5.41) is 20.8. The molecule has 3 aromatic rings. The maximum atomic E-state index is 9.51. The smallest absolute Gasteiger partial charge is 0.217 e. The molecule has 0 amide bonds. The fourth-order valence-corrected chi connectivity index (χ4v) is 2.19. The summed E-state index contributed by atoms with van der Waals surface area (Å²) in [5.74, 6) is 1.89. The number of hydrogen-bond acceptors (Lipinski definition) is 5. The second kappa shape index (κ2) is 5.42. The van der Waals surface area contributed by atoms with Crippen LogP contribution in [0.3, 0.4) is 0 Å². The molecule has 0 spiro atoms. The van der Waals surface area contributed by atoms with E-state index in [4.69, 9.17) is 4.42 Å². The van der Waals surface area contributed by atoms with E-state index in [0.717, 1.165) is 11.1 Å². The van der Waals surface area contributed by atoms with Crippen LogP contribution in [0, 0.1) is 12.3 Å². The van der Waals surface area contributed by atoms with Crippen molar-refractivity contribution in [3.8, 4) is 23.0 Å². The van der Waals surface area contributed by atoms with E-state index < -0.39 is 0 Å². The second-order valence-electron chi connectivity index (χ2n) is 6.16. The first-order chi connectivity index (χ1) is 10.5. The lowest BCUT2D eigenvalue weighted by atomic mass is 9.95. The van der Waals surface area contributed by atoms with Gasteiger partial charge in [-0.15, -0.1) is 5.10 Å². The molecule has 0 unspecified atom stereocenters. The van der Waals surface area contributed by atoms with Gasteiger partial charge >= 0.3 is 0 Å². The molecule has 0 fully saturated rings. The highest BCUT2D eigenvalue weighted by molar-refractivity contribution is 5.59. The lowest BCUT2D eigenvalue weighted by molar-refractivity contribution is 0.137. The topological polar surface area (TPSA) is 92.8 Å². The number of hydrogen-bond donors (Lipinski definition) is 2. The van der Waals surface area contributed by atoms with Crippen molar-refractivity contribution in [2.45, 2.75) is 27.3 Å². The van der Waals surface area contributed by atoms with Crippen LogP contribution in [-0.2, 0) is 6.54 Å². The van der Waals surface area contributed by atoms with E-state index >= 15 is 0 Å². The molecular weight excluding hydrogens is 282 g/mol. The molecule has 2 N–H and O–H groups in total. The van der Waals surface area contributed by atoms with Crippen molar-refractivity contribution in [2.24, 2.45) is 5.41 Å². The molecule has 116 valence electrons. The first-order valence-corrected chi connectivity index (χ1v) is 7.09. The molecule has 0 saturated heterocycles. The number of aryl methyl sites for hydroxylation is 1. The number of aliphatic hydroxyl groups excluding tert-OH is 1. The summed E-state index contributed by atoms with van der Waals surface area (Å²) >= 11 is 0. The van der Waals surface area contributed by atoms with Gasteiger partial charge in [0.1, 0.15) is 0 Å². The number of aliphatic hydroxyl groups is 1. The molecule has 0 aliphatic heterocycles. The molecule has 3 aromatic heterocycles. The van der Waals surface area contributed by atoms with Crippen LogP contribution in [-0.4, -0.2) is 36.7 Å². The number of furan rings is 1. The van der Waals surface area contributed by atoms with Gasteiger partial charge in [0.05, 0.1) is 24.6 Å². The number of aromatic amines is 1. The van der Waals surface area contributed by atoms with Gasteiger partial charge in [0, 0.05) is 18.2 Å². The number of nitrogens with zero attached hydrogens (tertiary/aromatic N) is 4. The molecule has 7 heteroatoms. The molecule has 3 rings (SSSR count). The highest BCUT2D eigenvalue weighted by Gasteiger charge is 2.23. The molecule has 0 saturated carbocycles. The Hall–Kier alpha value is -2.41. The highest BCUT2D eigenvalue weighted by Crippen LogP contribution is 2.27. The third-order valence-electron chi connectivity index (χ3n) is 3.50. The number of H-pyrrole nitrogens is 1. The zero-order valence-electron chi connectivity index (χ0n) is 12.9. The molecule has 0 atom stereocenters. The van der Waals surface area contributed by atoms with Crippen molar-refractivity contribution in [3.05, 3.63) is 30.3 Å². The zero-order chi connectivity index (χ0) is 15.7. The number of nitrogens with one attached hydrogen (secondary N) is 1. The Morgan fingerprint density at radius 3 is 2.82 bits per heavy atom. The van der Waals surface area contributed by atoms with Gasteiger partial charge in [0.15, 0.2) is 11.6 Å². The molecule has 3 heterocycles. The fourth-order valence-electron chi connectivity index (χ4n) is 2.19. The third kappa shape index (κ3) is 2.67. The fraction of sp³-hybridized carbons (Fsp3) is 0.400. The molecule has 0 aromatic carbocycles. The van der Waals surface area contributed by atoms with Gasteiger partial charge in [-0.25, -0.2) is 9.67 Å². The van der Waals surface area contributed by atoms with Crippen LogP contribution >= 0.6 is 0 Å². The van der Waals surface area contributed by atoms with Gasteiger partial charge in [-0.1, -0.05) is 13.8 Å². The van der Waals surface area contributed by atoms with Crippen LogP contribution < -0.4 is 0 Å². The largest absolute Gasteiger partial charge is 0.461 e. The average Bonchev–Trinajstić information content (AvgIpc) is 3.18. The summed E-state index contributed by atoms with van der Waals surface area (Å²) in [6, 6.07) is 1.88. The lowest BCUT2D eigenvalue weighted by Gasteiger charge is -2.21. The van der Waals surface area contributed by atoms with Crippen molar-refractivity contribution < 1.29 is 9.52 Å². The van der Waals surface area contributed by atoms with Gasteiger partial charge < -0.3 is 9.52 Å². The van der Waals surface area contributed by atoms with Crippen molar-refractivity contribution in [2.75, 3.05) is 6.61 Å². The summed E-state index contributed by atoms with van der Waals surface area (Å²) in [7, 11) is 0. The Labute approximate surface area is 128 Å². The minimum Gasteiger partial charge on any atom is -0.461 e. The molecular formula is C15H19N5O2. The van der Waals surface area contributed by atoms with Gasteiger partial charge in [0.2, 0.25) is 5.82 Å². The summed E-state index contributed by atoms with van der Waals surface area (Å²) in [6.45, 7) is 6.51. The van der Waals surface area contributed by atoms with E-state index in [1.54, 1.807) is 23.3 Å². The molecule has 7 nitrogen and oxygen atoms in total. The van der Waals surface area contributed by atoms with Crippen molar-refractivity contribution in [1.29, 1.82) is 0 Å². The average molecular weight is 301 g/mol. The quantitative estimate of drug-likeness (QED) is 0.754. The van der Waals surface area contributed by atoms with E-state index in [9.17, 15) is 5.11 Å². The van der Waals surface area contributed by atoms with Crippen LogP contribution in [0.2, 0.25) is 0 Å². The zero-order valence-corrected chi connectivity index (χ0v) is 12.9. The maximum absolute atomic E-state index is 9.51. The van der Waals surface area contributed by atoms with Gasteiger partial charge in [-0.05, 0) is 18.6 Å². The van der Waals surface area contributed by atoms with Gasteiger partial charge in [-0.3, -0.25) is 5.10 Å². The van der Waals surface area contributed by atoms with E-state index in [1.165, 1.54) is 0 Å². The van der Waals surface area contributed by atoms with Crippen molar-refractivity contribution in [3.63, 3.8) is 0 Å². The summed E-state index contributed by atoms with van der Waals surface area (Å²) in [4.78, 5) is 4.59. The minimum atomic E-state index is -0.304. The predicted molar refractivity (Wildman–Crippen MR) is 80.9 cm³/mol. The van der Waals surface area contributed by atoms with Gasteiger partial charge in [-0.2, -0.15) is 5.10 Å². The highest BCUT2D eigenvalue weighted by atomic mass is 16.3. The van der Waals surface area contributed by atoms with E-state index in [1.807, 2.05) is 26.8 Å². The third-order valence-corrected chi connectivity index (χ3v) is 3.50. The Bertz CT molecular complexity index is 755. The molecule has 0 aliphatic rings. The first kappa shape index (κ1) is 14.5. The summed E-state index contributed by atoms with van der Waals surface area (Å²) in [5.41, 5.74) is 1.52. The summed E-state index contributed by atoms with van der Waals surface area (Å²) < 4.78 is 7.27. The minimum absolute atomic E-state index is 0.0623. The number of rotatable bonds is 5. The molecule has 0 radical (unpaired) electrons. The SMILES string of the molecule is Cc1ccoc1-c1nc(-c2cn[nH]c2)n(CC(C)(C)CO)n1. The Morgan fingerprint density at radius 1 is 1.41 bits per heavy atom. The first-order valence-electron chi connectivity index (χ1n) is 7.09. The van der Waals surface area contributed by atoms with Crippen molar-refractivity contribution >= 4 is 0 Å². The molecule has 0 bridgehead atoms. The Balaban J connectivity index is 2.07. The van der Waals surface area contributed by atoms with Crippen LogP contribution in [0.15, 0.2) is 29.1 Å². The van der Waals surface area contributed by atoms with Crippen molar-refractivity contribution in [1.82, 2.24) is 25.0 Å². The summed E-state index contributed by atoms with van der Waals surface area (Å²) in [6.07, 6.45) is 5.09. The Kier molecular flexibility index (Phi) is 3.58. The molecule has 0 aliphatic carbocycles. The normalized spacial score (nSPS) is 12.0. The van der Waals surface area contributed by atoms with E-state index in [2.05, 4.69) is 20.3 Å². The van der Waals surface area contributed by atoms with E-state index in [0.29, 0.717) is 24.0 Å². The Morgan fingerprint density at radius 2 is 2.23 bits per heavy atom. The van der Waals surface area contributed by atoms with E-state index in [-0.39, 0.29) is 12.0 Å². The standard InChI is InChI=1S/C15H19N5O2/c1-10-4-5-22-12(10)13-18-14(11-6-16-17-7-11)20(19-13)8-15(2,3)9-21/h4-7,21H,8-9H2,1-3H3,(H,16,17). The maximum Gasteiger partial charge on any atom is 0.217 e. The predicted octanol–water partition coefficient (Wildman–Crippen LogP) is 2.26. The lowest BCUT2D eigenvalue weighted by Crippen LogP contribution is -2.24. The van der Waals surface area contributed by atoms with Crippen LogP contribution in [0.5, 0.6) is 0 Å². The van der Waals surface area contributed by atoms with Crippen LogP contribution in [0.25, 0.3) is 23.0 Å². The second-order valence-corrected chi connectivity index (χ2v) is 6.16.